The Labute approximate surface area is 96.1 Å². The Hall–Kier alpha value is -1.48. The predicted molar refractivity (Wildman–Crippen MR) is 62.8 cm³/mol. The average Bonchev–Trinajstić information content (AvgIpc) is 2.29. The maximum absolute atomic E-state index is 10.8. The van der Waals surface area contributed by atoms with Gasteiger partial charge >= 0.3 is 0 Å². The van der Waals surface area contributed by atoms with Gasteiger partial charge in [-0.05, 0) is 24.3 Å². The van der Waals surface area contributed by atoms with Crippen LogP contribution in [0.25, 0.3) is 11.3 Å². The van der Waals surface area contributed by atoms with Gasteiger partial charge in [-0.3, -0.25) is 9.78 Å². The molecular formula is C12H8BrNO. The summed E-state index contributed by atoms with van der Waals surface area (Å²) in [6.07, 6.45) is 2.51. The molecule has 1 heterocycles. The highest BCUT2D eigenvalue weighted by Crippen LogP contribution is 2.23. The molecule has 15 heavy (non-hydrogen) atoms. The Kier molecular flexibility index (Phi) is 2.92. The first-order valence-electron chi connectivity index (χ1n) is 4.47. The molecule has 1 aromatic carbocycles. The fourth-order valence-electron chi connectivity index (χ4n) is 1.39. The highest BCUT2D eigenvalue weighted by Gasteiger charge is 2.04. The van der Waals surface area contributed by atoms with E-state index in [1.54, 1.807) is 18.3 Å². The quantitative estimate of drug-likeness (QED) is 0.777. The zero-order valence-electron chi connectivity index (χ0n) is 7.85. The van der Waals surface area contributed by atoms with Crippen molar-refractivity contribution in [2.24, 2.45) is 0 Å². The van der Waals surface area contributed by atoms with Crippen molar-refractivity contribution in [1.29, 1.82) is 0 Å². The number of hydrogen-bond acceptors (Lipinski definition) is 2. The van der Waals surface area contributed by atoms with Crippen molar-refractivity contribution in [3.8, 4) is 11.3 Å². The van der Waals surface area contributed by atoms with Gasteiger partial charge in [-0.25, -0.2) is 0 Å². The molecule has 1 aromatic heterocycles. The molecule has 0 aliphatic rings. The van der Waals surface area contributed by atoms with Gasteiger partial charge in [0.25, 0.3) is 0 Å². The topological polar surface area (TPSA) is 30.0 Å². The van der Waals surface area contributed by atoms with Gasteiger partial charge in [0.15, 0.2) is 6.29 Å². The van der Waals surface area contributed by atoms with Gasteiger partial charge in [0, 0.05) is 21.8 Å². The summed E-state index contributed by atoms with van der Waals surface area (Å²) in [4.78, 5) is 15.0. The highest BCUT2D eigenvalue weighted by molar-refractivity contribution is 9.10. The van der Waals surface area contributed by atoms with Gasteiger partial charge in [-0.15, -0.1) is 0 Å². The third kappa shape index (κ3) is 2.13. The predicted octanol–water partition coefficient (Wildman–Crippen LogP) is 3.32. The SMILES string of the molecule is O=Cc1cccnc1-c1cccc(Br)c1. The molecule has 74 valence electrons. The van der Waals surface area contributed by atoms with Crippen molar-refractivity contribution >= 4 is 22.2 Å². The molecule has 0 aliphatic heterocycles. The van der Waals surface area contributed by atoms with E-state index in [-0.39, 0.29) is 0 Å². The summed E-state index contributed by atoms with van der Waals surface area (Å²) in [5.74, 6) is 0. The molecule has 3 heteroatoms. The Morgan fingerprint density at radius 2 is 2.07 bits per heavy atom. The molecular weight excluding hydrogens is 254 g/mol. The van der Waals surface area contributed by atoms with Crippen molar-refractivity contribution in [1.82, 2.24) is 4.98 Å². The Bertz CT molecular complexity index is 496. The van der Waals surface area contributed by atoms with Crippen LogP contribution in [0.1, 0.15) is 10.4 Å². The van der Waals surface area contributed by atoms with Crippen molar-refractivity contribution in [3.63, 3.8) is 0 Å². The molecule has 0 unspecified atom stereocenters. The number of nitrogens with zero attached hydrogens (tertiary/aromatic N) is 1. The minimum Gasteiger partial charge on any atom is -0.298 e. The van der Waals surface area contributed by atoms with Crippen LogP contribution in [0.2, 0.25) is 0 Å². The van der Waals surface area contributed by atoms with E-state index in [1.165, 1.54) is 0 Å². The van der Waals surface area contributed by atoms with E-state index in [0.717, 1.165) is 16.3 Å². The second kappa shape index (κ2) is 4.36. The Morgan fingerprint density at radius 1 is 1.20 bits per heavy atom. The van der Waals surface area contributed by atoms with Crippen molar-refractivity contribution in [2.75, 3.05) is 0 Å². The fourth-order valence-corrected chi connectivity index (χ4v) is 1.79. The normalized spacial score (nSPS) is 9.93. The van der Waals surface area contributed by atoms with Gasteiger partial charge in [0.2, 0.25) is 0 Å². The summed E-state index contributed by atoms with van der Waals surface area (Å²) in [5.41, 5.74) is 2.26. The molecule has 0 atom stereocenters. The maximum Gasteiger partial charge on any atom is 0.152 e. The minimum absolute atomic E-state index is 0.607. The molecule has 0 radical (unpaired) electrons. The standard InChI is InChI=1S/C12H8BrNO/c13-11-5-1-3-9(7-11)12-10(8-15)4-2-6-14-12/h1-8H. The number of aromatic nitrogens is 1. The van der Waals surface area contributed by atoms with Crippen LogP contribution in [-0.2, 0) is 0 Å². The number of halogens is 1. The van der Waals surface area contributed by atoms with E-state index in [9.17, 15) is 4.79 Å². The van der Waals surface area contributed by atoms with Gasteiger partial charge in [-0.2, -0.15) is 0 Å². The lowest BCUT2D eigenvalue weighted by molar-refractivity contribution is 0.112. The lowest BCUT2D eigenvalue weighted by Crippen LogP contribution is -1.90. The van der Waals surface area contributed by atoms with Gasteiger partial charge < -0.3 is 0 Å². The lowest BCUT2D eigenvalue weighted by Gasteiger charge is -2.03. The number of pyridine rings is 1. The van der Waals surface area contributed by atoms with Crippen molar-refractivity contribution in [2.45, 2.75) is 0 Å². The van der Waals surface area contributed by atoms with Gasteiger partial charge in [-0.1, -0.05) is 28.1 Å². The first kappa shape index (κ1) is 10.1. The number of carbonyl (C=O) groups excluding carboxylic acids is 1. The van der Waals surface area contributed by atoms with Crippen LogP contribution in [0.3, 0.4) is 0 Å². The molecule has 0 aliphatic carbocycles. The monoisotopic (exact) mass is 261 g/mol. The zero-order valence-corrected chi connectivity index (χ0v) is 9.44. The molecule has 2 aromatic rings. The smallest absolute Gasteiger partial charge is 0.152 e. The molecule has 0 N–H and O–H groups in total. The highest BCUT2D eigenvalue weighted by atomic mass is 79.9. The summed E-state index contributed by atoms with van der Waals surface area (Å²) in [5, 5.41) is 0. The second-order valence-corrected chi connectivity index (χ2v) is 3.99. The third-order valence-corrected chi connectivity index (χ3v) is 2.56. The summed E-state index contributed by atoms with van der Waals surface area (Å²) in [6.45, 7) is 0. The molecule has 2 nitrogen and oxygen atoms in total. The van der Waals surface area contributed by atoms with Crippen LogP contribution in [0, 0.1) is 0 Å². The molecule has 0 fully saturated rings. The summed E-state index contributed by atoms with van der Waals surface area (Å²) in [7, 11) is 0. The summed E-state index contributed by atoms with van der Waals surface area (Å²) < 4.78 is 0.975. The van der Waals surface area contributed by atoms with E-state index in [4.69, 9.17) is 0 Å². The summed E-state index contributed by atoms with van der Waals surface area (Å²) in [6, 6.07) is 11.2. The van der Waals surface area contributed by atoms with Crippen LogP contribution >= 0.6 is 15.9 Å². The van der Waals surface area contributed by atoms with Crippen LogP contribution in [0.4, 0.5) is 0 Å². The van der Waals surface area contributed by atoms with E-state index < -0.39 is 0 Å². The van der Waals surface area contributed by atoms with Gasteiger partial charge in [0.05, 0.1) is 5.69 Å². The van der Waals surface area contributed by atoms with E-state index >= 15 is 0 Å². The fraction of sp³-hybridized carbons (Fsp3) is 0. The van der Waals surface area contributed by atoms with E-state index in [1.807, 2.05) is 24.3 Å². The van der Waals surface area contributed by atoms with Gasteiger partial charge in [0.1, 0.15) is 0 Å². The molecule has 0 saturated heterocycles. The minimum atomic E-state index is 0.607. The Morgan fingerprint density at radius 3 is 2.80 bits per heavy atom. The first-order valence-corrected chi connectivity index (χ1v) is 5.26. The van der Waals surface area contributed by atoms with Crippen LogP contribution < -0.4 is 0 Å². The third-order valence-electron chi connectivity index (χ3n) is 2.06. The molecule has 0 bridgehead atoms. The number of hydrogen-bond donors (Lipinski definition) is 0. The number of rotatable bonds is 2. The van der Waals surface area contributed by atoms with E-state index in [0.29, 0.717) is 11.3 Å². The van der Waals surface area contributed by atoms with Crippen LogP contribution in [0.5, 0.6) is 0 Å². The van der Waals surface area contributed by atoms with Crippen LogP contribution in [-0.4, -0.2) is 11.3 Å². The number of benzene rings is 1. The Balaban J connectivity index is 2.58. The largest absolute Gasteiger partial charge is 0.298 e. The number of carbonyl (C=O) groups is 1. The zero-order chi connectivity index (χ0) is 10.7. The lowest BCUT2D eigenvalue weighted by atomic mass is 10.1. The second-order valence-electron chi connectivity index (χ2n) is 3.07. The van der Waals surface area contributed by atoms with Crippen molar-refractivity contribution < 1.29 is 4.79 Å². The van der Waals surface area contributed by atoms with Crippen molar-refractivity contribution in [3.05, 3.63) is 52.6 Å². The molecule has 0 saturated carbocycles. The average molecular weight is 262 g/mol. The summed E-state index contributed by atoms with van der Waals surface area (Å²) >= 11 is 3.39. The maximum atomic E-state index is 10.8. The number of aldehydes is 1. The molecule has 0 spiro atoms. The first-order chi connectivity index (χ1) is 7.31. The van der Waals surface area contributed by atoms with E-state index in [2.05, 4.69) is 20.9 Å². The molecule has 0 amide bonds. The molecule has 2 rings (SSSR count). The van der Waals surface area contributed by atoms with Crippen LogP contribution in [0.15, 0.2) is 47.1 Å².